The number of hydrogen-bond donors (Lipinski definition) is 0. The Morgan fingerprint density at radius 3 is 1.24 bits per heavy atom. The van der Waals surface area contributed by atoms with Crippen LogP contribution in [0.2, 0.25) is 33.2 Å². The fourth-order valence-corrected chi connectivity index (χ4v) is 154. The van der Waals surface area contributed by atoms with Crippen LogP contribution in [0.1, 0.15) is 48.0 Å². The van der Waals surface area contributed by atoms with Crippen molar-refractivity contribution in [2.24, 2.45) is 5.41 Å². The van der Waals surface area contributed by atoms with Crippen LogP contribution in [0.3, 0.4) is 0 Å². The Kier molecular flexibility index (Phi) is 2.98. The zero-order valence-electron chi connectivity index (χ0n) is 30.1. The first-order valence-corrected chi connectivity index (χ1v) is 29.4. The van der Waals surface area contributed by atoms with Gasteiger partial charge in [-0.05, 0) is 0 Å². The van der Waals surface area contributed by atoms with Crippen LogP contribution in [0.15, 0.2) is 121 Å². The van der Waals surface area contributed by atoms with Gasteiger partial charge in [-0.2, -0.15) is 0 Å². The van der Waals surface area contributed by atoms with E-state index in [2.05, 4.69) is 163 Å². The first-order chi connectivity index (χ1) is 24.0. The summed E-state index contributed by atoms with van der Waals surface area (Å²) in [5, 5.41) is 6.64. The third-order valence-electron chi connectivity index (χ3n) is 22.7. The van der Waals surface area contributed by atoms with Crippen molar-refractivity contribution in [3.8, 4) is 0 Å². The fourth-order valence-electron chi connectivity index (χ4n) is 25.8. The number of carbonyl (C=O) groups is 1. The summed E-state index contributed by atoms with van der Waals surface area (Å²) in [5.74, 6) is 0. The first kappa shape index (κ1) is 28.8. The summed E-state index contributed by atoms with van der Waals surface area (Å²) in [6.07, 6.45) is 2.12. The molecule has 1 spiro atoms. The summed E-state index contributed by atoms with van der Waals surface area (Å²) in [6.45, 7) is 11.0. The molecule has 0 aliphatic carbocycles. The van der Waals surface area contributed by atoms with Crippen molar-refractivity contribution in [1.82, 2.24) is 0 Å². The molecule has 258 valence electrons. The number of fused-ring (bicyclic) bond motifs is 10. The van der Waals surface area contributed by atoms with Crippen LogP contribution in [0.4, 0.5) is 0 Å². The minimum atomic E-state index is -4.91. The van der Waals surface area contributed by atoms with Gasteiger partial charge in [0, 0.05) is 0 Å². The molecule has 4 aromatic carbocycles. The van der Waals surface area contributed by atoms with Gasteiger partial charge in [-0.3, -0.25) is 0 Å². The summed E-state index contributed by atoms with van der Waals surface area (Å²) >= 11 is 0. The molecular weight excluding hydrogens is 705 g/mol. The van der Waals surface area contributed by atoms with Gasteiger partial charge >= 0.3 is 294 Å². The molecule has 10 heterocycles. The summed E-state index contributed by atoms with van der Waals surface area (Å²) in [6, 6.07) is 48.4. The molecule has 0 aromatic heterocycles. The van der Waals surface area contributed by atoms with E-state index in [1.54, 1.807) is 21.2 Å². The van der Waals surface area contributed by atoms with Crippen molar-refractivity contribution in [3.63, 3.8) is 0 Å². The van der Waals surface area contributed by atoms with Crippen LogP contribution in [0.25, 0.3) is 0 Å². The van der Waals surface area contributed by atoms with Gasteiger partial charge in [0.05, 0.1) is 0 Å². The quantitative estimate of drug-likeness (QED) is 0.0800. The maximum absolute atomic E-state index is 12.9. The molecule has 5 heteroatoms. The van der Waals surface area contributed by atoms with Crippen molar-refractivity contribution in [1.29, 1.82) is 0 Å². The van der Waals surface area contributed by atoms with Gasteiger partial charge in [-0.15, -0.1) is 0 Å². The predicted molar refractivity (Wildman–Crippen MR) is 213 cm³/mol. The zero-order chi connectivity index (χ0) is 34.0. The second-order valence-electron chi connectivity index (χ2n) is 20.7. The van der Waals surface area contributed by atoms with Crippen molar-refractivity contribution >= 4 is 51.3 Å². The topological polar surface area (TPSA) is 17.1 Å². The van der Waals surface area contributed by atoms with Gasteiger partial charge in [-0.1, -0.05) is 0 Å². The molecule has 0 bridgehead atoms. The van der Waals surface area contributed by atoms with Crippen LogP contribution in [0.5, 0.6) is 0 Å². The van der Waals surface area contributed by atoms with Crippen molar-refractivity contribution < 1.29 is 11.3 Å². The Morgan fingerprint density at radius 2 is 0.960 bits per heavy atom. The number of carbonyl (C=O) groups excluding carboxylic acids is 1. The van der Waals surface area contributed by atoms with Crippen LogP contribution in [-0.2, 0) is 11.3 Å². The summed E-state index contributed by atoms with van der Waals surface area (Å²) in [4.78, 5) is 19.0. The molecule has 0 N–H and O–H groups in total. The monoisotopic (exact) mass is 754 g/mol. The molecular formula is C45H49FeOP3. The van der Waals surface area contributed by atoms with E-state index in [1.807, 2.05) is 0 Å². The van der Waals surface area contributed by atoms with Crippen LogP contribution < -0.4 is 21.2 Å². The number of aldehydes is 1. The van der Waals surface area contributed by atoms with E-state index in [-0.39, 0.29) is 13.3 Å². The second kappa shape index (κ2) is 5.17. The normalized spacial score (nSPS) is 53.4. The van der Waals surface area contributed by atoms with Gasteiger partial charge in [0.25, 0.3) is 0 Å². The van der Waals surface area contributed by atoms with Crippen LogP contribution >= 0.6 is 23.8 Å². The van der Waals surface area contributed by atoms with Gasteiger partial charge in [0.15, 0.2) is 0 Å². The molecule has 50 heavy (non-hydrogen) atoms. The number of rotatable bonds is 12. The van der Waals surface area contributed by atoms with E-state index in [1.165, 1.54) is 6.29 Å². The Morgan fingerprint density at radius 1 is 0.620 bits per heavy atom. The Labute approximate surface area is 292 Å². The van der Waals surface area contributed by atoms with E-state index in [4.69, 9.17) is 0 Å². The third kappa shape index (κ3) is 0.833. The van der Waals surface area contributed by atoms with E-state index in [0.29, 0.717) is 16.5 Å². The van der Waals surface area contributed by atoms with Gasteiger partial charge in [0.1, 0.15) is 0 Å². The molecule has 0 amide bonds. The van der Waals surface area contributed by atoms with E-state index >= 15 is 0 Å². The Hall–Kier alpha value is -1.64. The molecule has 0 saturated carbocycles. The third-order valence-corrected chi connectivity index (χ3v) is 88.2. The van der Waals surface area contributed by atoms with Gasteiger partial charge in [-0.25, -0.2) is 0 Å². The maximum atomic E-state index is 12.9. The average molecular weight is 755 g/mol. The van der Waals surface area contributed by atoms with Crippen molar-refractivity contribution in [2.75, 3.05) is 0 Å². The molecule has 10 aliphatic heterocycles. The van der Waals surface area contributed by atoms with E-state index in [9.17, 15) is 4.79 Å². The fraction of sp³-hybridized carbons (Fsp3) is 0.444. The molecule has 14 rings (SSSR count). The summed E-state index contributed by atoms with van der Waals surface area (Å²) < 4.78 is 2.07. The minimum absolute atomic E-state index is 0.0917. The van der Waals surface area contributed by atoms with Gasteiger partial charge in [0.2, 0.25) is 0 Å². The number of benzene rings is 4. The van der Waals surface area contributed by atoms with Crippen LogP contribution in [-0.4, -0.2) is 29.8 Å². The second-order valence-corrected chi connectivity index (χ2v) is 52.9. The van der Waals surface area contributed by atoms with Crippen molar-refractivity contribution in [3.05, 3.63) is 121 Å². The molecule has 8 atom stereocenters. The molecule has 0 radical (unpaired) electrons. The standard InChI is InChI=1S/C34H31OP2.C11H18P.Fe/c1-34(2,23-24-35)27-25-32(36(28-15-7-3-8-16-28)29-17-9-4-10-18-29)33(26-27)37(30-19-11-5-12-20-30)31-21-13-6-14-22-31;1-9(2)12(10(3)4)11-7-5-6-8-11;/h3-22,24-26H,23H2,1-2H3;5-10H,1-4H3;. The first-order valence-electron chi connectivity index (χ1n) is 19.2. The molecule has 8 unspecified atom stereocenters. The number of hydrogen-bond acceptors (Lipinski definition) is 1. The summed E-state index contributed by atoms with van der Waals surface area (Å²) in [7, 11) is -1.29. The average Bonchev–Trinajstić information content (AvgIpc) is 4.07. The summed E-state index contributed by atoms with van der Waals surface area (Å²) in [5.41, 5.74) is 1.63. The predicted octanol–water partition coefficient (Wildman–Crippen LogP) is 10.6. The van der Waals surface area contributed by atoms with Crippen LogP contribution in [0, 0.1) is 5.41 Å². The molecule has 10 fully saturated rings. The van der Waals surface area contributed by atoms with E-state index < -0.39 is 22.4 Å². The Bertz CT molecular complexity index is 2460. The molecule has 10 saturated heterocycles. The van der Waals surface area contributed by atoms with Gasteiger partial charge < -0.3 is 0 Å². The Balaban J connectivity index is 1.21. The van der Waals surface area contributed by atoms with Crippen molar-refractivity contribution in [2.45, 2.75) is 105 Å². The van der Waals surface area contributed by atoms with E-state index in [0.717, 1.165) is 46.6 Å². The molecule has 4 aromatic rings. The molecule has 10 aliphatic rings. The zero-order valence-corrected chi connectivity index (χ0v) is 33.8. The molecule has 1 nitrogen and oxygen atoms in total. The SMILES string of the molecule is CC(C)P(C(C)C)[C]12[CH]3[CH]4[CH]5[CH]1[Fe]45321678[CH]2[C]1(C(C)(C)CC=O)[CH]6[C]7(P(c1ccccc1)c1ccccc1)[C]28P(c1ccccc1)c1ccccc1.